The van der Waals surface area contributed by atoms with Gasteiger partial charge >= 0.3 is 0 Å². The summed E-state index contributed by atoms with van der Waals surface area (Å²) in [5.74, 6) is 0. The first-order chi connectivity index (χ1) is 7.04. The molecule has 90 valence electrons. The third-order valence-electron chi connectivity index (χ3n) is 3.34. The van der Waals surface area contributed by atoms with Crippen molar-refractivity contribution in [3.8, 4) is 0 Å². The van der Waals surface area contributed by atoms with Crippen molar-refractivity contribution in [2.45, 2.75) is 71.5 Å². The first-order valence-corrected chi connectivity index (χ1v) is 6.39. The van der Waals surface area contributed by atoms with Crippen LogP contribution in [-0.2, 0) is 4.74 Å². The third kappa shape index (κ3) is 4.52. The van der Waals surface area contributed by atoms with Gasteiger partial charge in [0.05, 0.1) is 12.2 Å². The van der Waals surface area contributed by atoms with Crippen LogP contribution in [0, 0.1) is 5.41 Å². The average molecular weight is 213 g/mol. The summed E-state index contributed by atoms with van der Waals surface area (Å²) in [6.07, 6.45) is 8.53. The van der Waals surface area contributed by atoms with Gasteiger partial charge < -0.3 is 10.5 Å². The number of nitrogens with two attached hydrogens (primary N) is 1. The van der Waals surface area contributed by atoms with Crippen LogP contribution >= 0.6 is 0 Å². The summed E-state index contributed by atoms with van der Waals surface area (Å²) in [4.78, 5) is 0. The number of hydrogen-bond donors (Lipinski definition) is 1. The quantitative estimate of drug-likeness (QED) is 0.731. The highest BCUT2D eigenvalue weighted by atomic mass is 16.5. The number of rotatable bonds is 3. The number of ether oxygens (including phenoxy) is 1. The maximum Gasteiger partial charge on any atom is 0.0749 e. The molecule has 1 saturated carbocycles. The number of hydrogen-bond acceptors (Lipinski definition) is 2. The largest absolute Gasteiger partial charge is 0.373 e. The summed E-state index contributed by atoms with van der Waals surface area (Å²) >= 11 is 0. The SMILES string of the molecule is CC(C)(C)C(CN)OC1CCCCCC1. The molecule has 0 aromatic rings. The normalized spacial score (nSPS) is 22.4. The minimum atomic E-state index is 0.168. The van der Waals surface area contributed by atoms with Crippen LogP contribution in [0.1, 0.15) is 59.3 Å². The molecule has 2 nitrogen and oxygen atoms in total. The van der Waals surface area contributed by atoms with E-state index in [1.165, 1.54) is 38.5 Å². The fraction of sp³-hybridized carbons (Fsp3) is 1.00. The Morgan fingerprint density at radius 2 is 1.67 bits per heavy atom. The molecule has 0 aromatic carbocycles. The van der Waals surface area contributed by atoms with Gasteiger partial charge in [0.25, 0.3) is 0 Å². The second-order valence-corrected chi connectivity index (χ2v) is 5.84. The highest BCUT2D eigenvalue weighted by molar-refractivity contribution is 4.77. The van der Waals surface area contributed by atoms with Gasteiger partial charge in [-0.2, -0.15) is 0 Å². The molecule has 2 N–H and O–H groups in total. The van der Waals surface area contributed by atoms with Gasteiger partial charge in [-0.05, 0) is 18.3 Å². The van der Waals surface area contributed by atoms with Gasteiger partial charge in [-0.1, -0.05) is 46.5 Å². The smallest absolute Gasteiger partial charge is 0.0749 e. The van der Waals surface area contributed by atoms with Crippen LogP contribution < -0.4 is 5.73 Å². The first kappa shape index (κ1) is 13.0. The summed E-state index contributed by atoms with van der Waals surface area (Å²) in [6.45, 7) is 7.27. The molecule has 1 fully saturated rings. The van der Waals surface area contributed by atoms with Crippen LogP contribution in [0.5, 0.6) is 0 Å². The molecule has 0 amide bonds. The maximum atomic E-state index is 6.16. The lowest BCUT2D eigenvalue weighted by Crippen LogP contribution is -2.39. The van der Waals surface area contributed by atoms with Crippen LogP contribution in [0.25, 0.3) is 0 Å². The van der Waals surface area contributed by atoms with E-state index in [1.807, 2.05) is 0 Å². The molecule has 0 heterocycles. The Kier molecular flexibility index (Phi) is 5.07. The second-order valence-electron chi connectivity index (χ2n) is 5.84. The molecular weight excluding hydrogens is 186 g/mol. The Morgan fingerprint density at radius 3 is 2.07 bits per heavy atom. The molecule has 1 atom stereocenters. The minimum Gasteiger partial charge on any atom is -0.373 e. The summed E-state index contributed by atoms with van der Waals surface area (Å²) in [6, 6.07) is 0. The van der Waals surface area contributed by atoms with Gasteiger partial charge in [-0.15, -0.1) is 0 Å². The Labute approximate surface area is 94.6 Å². The molecule has 0 aliphatic heterocycles. The molecule has 2 heteroatoms. The van der Waals surface area contributed by atoms with Gasteiger partial charge in [-0.25, -0.2) is 0 Å². The summed E-state index contributed by atoms with van der Waals surface area (Å²) in [5, 5.41) is 0. The van der Waals surface area contributed by atoms with Gasteiger partial charge in [0.1, 0.15) is 0 Å². The Morgan fingerprint density at radius 1 is 1.13 bits per heavy atom. The van der Waals surface area contributed by atoms with E-state index in [2.05, 4.69) is 20.8 Å². The van der Waals surface area contributed by atoms with E-state index in [0.29, 0.717) is 12.6 Å². The van der Waals surface area contributed by atoms with Crippen LogP contribution in [0.3, 0.4) is 0 Å². The summed E-state index contributed by atoms with van der Waals surface area (Å²) in [7, 11) is 0. The van der Waals surface area contributed by atoms with Gasteiger partial charge in [0.15, 0.2) is 0 Å². The van der Waals surface area contributed by atoms with Crippen LogP contribution in [0.2, 0.25) is 0 Å². The standard InChI is InChI=1S/C13H27NO/c1-13(2,3)12(10-14)15-11-8-6-4-5-7-9-11/h11-12H,4-10,14H2,1-3H3. The average Bonchev–Trinajstić information content (AvgIpc) is 2.40. The minimum absolute atomic E-state index is 0.168. The van der Waals surface area contributed by atoms with Gasteiger partial charge in [0, 0.05) is 6.54 Å². The van der Waals surface area contributed by atoms with Crippen LogP contribution in [-0.4, -0.2) is 18.8 Å². The molecule has 1 aliphatic rings. The van der Waals surface area contributed by atoms with E-state index in [1.54, 1.807) is 0 Å². The second kappa shape index (κ2) is 5.86. The van der Waals surface area contributed by atoms with E-state index in [0.717, 1.165) is 0 Å². The first-order valence-electron chi connectivity index (χ1n) is 6.39. The fourth-order valence-corrected chi connectivity index (χ4v) is 2.22. The summed E-state index contributed by atoms with van der Waals surface area (Å²) in [5.41, 5.74) is 5.96. The van der Waals surface area contributed by atoms with E-state index < -0.39 is 0 Å². The zero-order valence-corrected chi connectivity index (χ0v) is 10.6. The summed E-state index contributed by atoms with van der Waals surface area (Å²) < 4.78 is 6.16. The van der Waals surface area contributed by atoms with E-state index in [-0.39, 0.29) is 11.5 Å². The molecule has 1 rings (SSSR count). The van der Waals surface area contributed by atoms with Crippen molar-refractivity contribution in [1.82, 2.24) is 0 Å². The van der Waals surface area contributed by atoms with Crippen molar-refractivity contribution in [2.24, 2.45) is 11.1 Å². The zero-order chi connectivity index (χ0) is 11.3. The molecule has 0 aromatic heterocycles. The Hall–Kier alpha value is -0.0800. The zero-order valence-electron chi connectivity index (χ0n) is 10.6. The van der Waals surface area contributed by atoms with Crippen molar-refractivity contribution in [1.29, 1.82) is 0 Å². The molecule has 15 heavy (non-hydrogen) atoms. The molecule has 0 saturated heterocycles. The van der Waals surface area contributed by atoms with Crippen LogP contribution in [0.4, 0.5) is 0 Å². The monoisotopic (exact) mass is 213 g/mol. The van der Waals surface area contributed by atoms with Crippen molar-refractivity contribution >= 4 is 0 Å². The molecule has 0 bridgehead atoms. The van der Waals surface area contributed by atoms with E-state index >= 15 is 0 Å². The van der Waals surface area contributed by atoms with Gasteiger partial charge in [0.2, 0.25) is 0 Å². The fourth-order valence-electron chi connectivity index (χ4n) is 2.22. The maximum absolute atomic E-state index is 6.16. The highest BCUT2D eigenvalue weighted by Gasteiger charge is 2.27. The molecular formula is C13H27NO. The van der Waals surface area contributed by atoms with Crippen molar-refractivity contribution in [3.05, 3.63) is 0 Å². The highest BCUT2D eigenvalue weighted by Crippen LogP contribution is 2.27. The third-order valence-corrected chi connectivity index (χ3v) is 3.34. The topological polar surface area (TPSA) is 35.2 Å². The van der Waals surface area contributed by atoms with Crippen molar-refractivity contribution < 1.29 is 4.74 Å². The van der Waals surface area contributed by atoms with Crippen molar-refractivity contribution in [2.75, 3.05) is 6.54 Å². The predicted molar refractivity (Wildman–Crippen MR) is 64.9 cm³/mol. The Balaban J connectivity index is 2.42. The van der Waals surface area contributed by atoms with E-state index in [4.69, 9.17) is 10.5 Å². The lowest BCUT2D eigenvalue weighted by atomic mass is 9.89. The van der Waals surface area contributed by atoms with Crippen LogP contribution in [0.15, 0.2) is 0 Å². The molecule has 1 unspecified atom stereocenters. The van der Waals surface area contributed by atoms with Crippen molar-refractivity contribution in [3.63, 3.8) is 0 Å². The molecule has 0 radical (unpaired) electrons. The van der Waals surface area contributed by atoms with Gasteiger partial charge in [-0.3, -0.25) is 0 Å². The lowest BCUT2D eigenvalue weighted by molar-refractivity contribution is -0.0656. The Bertz CT molecular complexity index is 166. The lowest BCUT2D eigenvalue weighted by Gasteiger charge is -2.33. The molecule has 1 aliphatic carbocycles. The molecule has 0 spiro atoms. The van der Waals surface area contributed by atoms with E-state index in [9.17, 15) is 0 Å². The predicted octanol–water partition coefficient (Wildman–Crippen LogP) is 3.10.